The van der Waals surface area contributed by atoms with Crippen LogP contribution in [0.4, 0.5) is 4.39 Å². The molecule has 0 radical (unpaired) electrons. The third-order valence-corrected chi connectivity index (χ3v) is 4.61. The highest BCUT2D eigenvalue weighted by Gasteiger charge is 2.53. The fourth-order valence-electron chi connectivity index (χ4n) is 3.16. The van der Waals surface area contributed by atoms with Crippen molar-refractivity contribution < 1.29 is 23.8 Å². The first kappa shape index (κ1) is 16.4. The molecule has 1 heterocycles. The number of benzene rings is 1. The summed E-state index contributed by atoms with van der Waals surface area (Å²) in [7, 11) is 0. The molecule has 2 atom stereocenters. The Bertz CT molecular complexity index is 561. The summed E-state index contributed by atoms with van der Waals surface area (Å²) in [4.78, 5) is 12.7. The highest BCUT2D eigenvalue weighted by atomic mass is 19.1. The molecule has 3 rings (SSSR count). The van der Waals surface area contributed by atoms with E-state index < -0.39 is 5.41 Å². The lowest BCUT2D eigenvalue weighted by Crippen LogP contribution is -2.53. The van der Waals surface area contributed by atoms with Gasteiger partial charge >= 0.3 is 0 Å². The summed E-state index contributed by atoms with van der Waals surface area (Å²) in [6.45, 7) is 1.11. The Labute approximate surface area is 134 Å². The van der Waals surface area contributed by atoms with E-state index in [9.17, 15) is 9.18 Å². The molecule has 126 valence electrons. The predicted molar refractivity (Wildman–Crippen MR) is 81.5 cm³/mol. The summed E-state index contributed by atoms with van der Waals surface area (Å²) in [6.07, 6.45) is 1.78. The van der Waals surface area contributed by atoms with Crippen molar-refractivity contribution >= 4 is 5.91 Å². The monoisotopic (exact) mass is 323 g/mol. The highest BCUT2D eigenvalue weighted by molar-refractivity contribution is 5.91. The molecule has 1 aliphatic heterocycles. The molecule has 2 N–H and O–H groups in total. The fraction of sp³-hybridized carbons (Fsp3) is 0.588. The first-order valence-corrected chi connectivity index (χ1v) is 8.03. The summed E-state index contributed by atoms with van der Waals surface area (Å²) in [6, 6.07) is 6.17. The number of ether oxygens (including phenoxy) is 2. The second-order valence-electron chi connectivity index (χ2n) is 6.14. The minimum atomic E-state index is -0.760. The second-order valence-corrected chi connectivity index (χ2v) is 6.14. The second kappa shape index (κ2) is 6.95. The molecule has 0 unspecified atom stereocenters. The summed E-state index contributed by atoms with van der Waals surface area (Å²) in [5, 5.41) is 11.9. The number of hydrogen-bond donors (Lipinski definition) is 2. The van der Waals surface area contributed by atoms with Crippen LogP contribution >= 0.6 is 0 Å². The van der Waals surface area contributed by atoms with Crippen molar-refractivity contribution in [3.63, 3.8) is 0 Å². The maximum Gasteiger partial charge on any atom is 0.231 e. The Balaban J connectivity index is 1.69. The van der Waals surface area contributed by atoms with Gasteiger partial charge in [0.1, 0.15) is 5.82 Å². The van der Waals surface area contributed by atoms with E-state index in [0.717, 1.165) is 0 Å². The highest BCUT2D eigenvalue weighted by Crippen LogP contribution is 2.49. The number of carbonyl (C=O) groups is 1. The van der Waals surface area contributed by atoms with Crippen molar-refractivity contribution in [3.05, 3.63) is 35.6 Å². The van der Waals surface area contributed by atoms with Gasteiger partial charge in [0.25, 0.3) is 0 Å². The van der Waals surface area contributed by atoms with E-state index in [1.165, 1.54) is 6.07 Å². The molecular formula is C17H22FNO4. The van der Waals surface area contributed by atoms with Crippen LogP contribution in [0.2, 0.25) is 0 Å². The molecule has 1 saturated heterocycles. The zero-order chi connectivity index (χ0) is 16.3. The van der Waals surface area contributed by atoms with Gasteiger partial charge in [-0.2, -0.15) is 0 Å². The lowest BCUT2D eigenvalue weighted by atomic mass is 9.93. The molecule has 6 heteroatoms. The van der Waals surface area contributed by atoms with E-state index in [1.54, 1.807) is 18.2 Å². The minimum Gasteiger partial charge on any atom is -0.394 e. The smallest absolute Gasteiger partial charge is 0.231 e. The first-order valence-electron chi connectivity index (χ1n) is 8.03. The van der Waals surface area contributed by atoms with Gasteiger partial charge in [-0.25, -0.2) is 4.39 Å². The van der Waals surface area contributed by atoms with Gasteiger partial charge in [-0.15, -0.1) is 0 Å². The van der Waals surface area contributed by atoms with Crippen LogP contribution in [0, 0.1) is 5.82 Å². The maximum atomic E-state index is 14.1. The average molecular weight is 323 g/mol. The Morgan fingerprint density at radius 1 is 1.43 bits per heavy atom. The van der Waals surface area contributed by atoms with Crippen molar-refractivity contribution in [1.82, 2.24) is 5.32 Å². The minimum absolute atomic E-state index is 0.0583. The average Bonchev–Trinajstić information content (AvgIpc) is 3.36. The quantitative estimate of drug-likeness (QED) is 0.824. The van der Waals surface area contributed by atoms with Crippen molar-refractivity contribution in [1.29, 1.82) is 0 Å². The first-order chi connectivity index (χ1) is 11.2. The molecule has 1 amide bonds. The SMILES string of the molecule is O=C(N[C@@H]1COCC[C@@H]1OCCO)C1(c2ccccc2F)CC1. The van der Waals surface area contributed by atoms with Gasteiger partial charge in [0.05, 0.1) is 37.4 Å². The van der Waals surface area contributed by atoms with Gasteiger partial charge in [-0.3, -0.25) is 4.79 Å². The van der Waals surface area contributed by atoms with Crippen molar-refractivity contribution in [2.75, 3.05) is 26.4 Å². The van der Waals surface area contributed by atoms with Crippen LogP contribution in [0.5, 0.6) is 0 Å². The molecule has 5 nitrogen and oxygen atoms in total. The van der Waals surface area contributed by atoms with Crippen molar-refractivity contribution in [3.8, 4) is 0 Å². The Hall–Kier alpha value is -1.50. The number of amides is 1. The maximum absolute atomic E-state index is 14.1. The number of nitrogens with one attached hydrogen (secondary N) is 1. The van der Waals surface area contributed by atoms with E-state index in [0.29, 0.717) is 38.0 Å². The number of aliphatic hydroxyl groups excluding tert-OH is 1. The van der Waals surface area contributed by atoms with E-state index in [1.807, 2.05) is 0 Å². The molecular weight excluding hydrogens is 301 g/mol. The molecule has 0 aromatic heterocycles. The number of hydrogen-bond acceptors (Lipinski definition) is 4. The topological polar surface area (TPSA) is 67.8 Å². The van der Waals surface area contributed by atoms with Gasteiger partial charge in [0, 0.05) is 12.2 Å². The predicted octanol–water partition coefficient (Wildman–Crippen LogP) is 1.14. The Kier molecular flexibility index (Phi) is 4.94. The molecule has 1 saturated carbocycles. The van der Waals surface area contributed by atoms with Crippen LogP contribution in [0.1, 0.15) is 24.8 Å². The van der Waals surface area contributed by atoms with Crippen LogP contribution in [-0.2, 0) is 19.7 Å². The Morgan fingerprint density at radius 2 is 2.22 bits per heavy atom. The van der Waals surface area contributed by atoms with Gasteiger partial charge in [-0.1, -0.05) is 18.2 Å². The largest absolute Gasteiger partial charge is 0.394 e. The van der Waals surface area contributed by atoms with E-state index in [-0.39, 0.29) is 37.1 Å². The van der Waals surface area contributed by atoms with Gasteiger partial charge in [-0.05, 0) is 25.3 Å². The zero-order valence-corrected chi connectivity index (χ0v) is 13.0. The number of rotatable bonds is 6. The van der Waals surface area contributed by atoms with Crippen LogP contribution < -0.4 is 5.32 Å². The lowest BCUT2D eigenvalue weighted by Gasteiger charge is -2.33. The van der Waals surface area contributed by atoms with E-state index in [4.69, 9.17) is 14.6 Å². The van der Waals surface area contributed by atoms with Crippen LogP contribution in [0.15, 0.2) is 24.3 Å². The summed E-state index contributed by atoms with van der Waals surface area (Å²) in [5.41, 5.74) is -0.299. The van der Waals surface area contributed by atoms with E-state index >= 15 is 0 Å². The normalized spacial score (nSPS) is 25.8. The van der Waals surface area contributed by atoms with Crippen molar-refractivity contribution in [2.45, 2.75) is 36.8 Å². The van der Waals surface area contributed by atoms with Gasteiger partial charge in [0.2, 0.25) is 5.91 Å². The van der Waals surface area contributed by atoms with E-state index in [2.05, 4.69) is 5.32 Å². The molecule has 1 aromatic carbocycles. The third kappa shape index (κ3) is 3.39. The summed E-state index contributed by atoms with van der Waals surface area (Å²) in [5.74, 6) is -0.510. The van der Waals surface area contributed by atoms with Crippen molar-refractivity contribution in [2.24, 2.45) is 0 Å². The molecule has 23 heavy (non-hydrogen) atoms. The van der Waals surface area contributed by atoms with Crippen LogP contribution in [-0.4, -0.2) is 49.6 Å². The fourth-order valence-corrected chi connectivity index (χ4v) is 3.16. The number of halogens is 1. The number of carbonyl (C=O) groups excluding carboxylic acids is 1. The third-order valence-electron chi connectivity index (χ3n) is 4.61. The van der Waals surface area contributed by atoms with Gasteiger partial charge in [0.15, 0.2) is 0 Å². The summed E-state index contributed by atoms with van der Waals surface area (Å²) < 4.78 is 25.1. The van der Waals surface area contributed by atoms with Gasteiger partial charge < -0.3 is 19.9 Å². The molecule has 2 fully saturated rings. The standard InChI is InChI=1S/C17H22FNO4/c18-13-4-2-1-3-12(13)17(6-7-17)16(21)19-14-11-22-9-5-15(14)23-10-8-20/h1-4,14-15,20H,5-11H2,(H,19,21)/t14-,15+/m1/s1. The van der Waals surface area contributed by atoms with Crippen LogP contribution in [0.3, 0.4) is 0 Å². The molecule has 1 aromatic rings. The number of aliphatic hydroxyl groups is 1. The molecule has 1 aliphatic carbocycles. The summed E-state index contributed by atoms with van der Waals surface area (Å²) >= 11 is 0. The molecule has 2 aliphatic rings. The molecule has 0 spiro atoms. The van der Waals surface area contributed by atoms with Crippen LogP contribution in [0.25, 0.3) is 0 Å². The molecule has 0 bridgehead atoms. The lowest BCUT2D eigenvalue weighted by molar-refractivity contribution is -0.129. The Morgan fingerprint density at radius 3 is 2.91 bits per heavy atom. The zero-order valence-electron chi connectivity index (χ0n) is 13.0.